The van der Waals surface area contributed by atoms with E-state index < -0.39 is 0 Å². The van der Waals surface area contributed by atoms with Gasteiger partial charge < -0.3 is 10.6 Å². The zero-order valence-corrected chi connectivity index (χ0v) is 16.1. The molecule has 2 N–H and O–H groups in total. The van der Waals surface area contributed by atoms with Crippen molar-refractivity contribution in [3.05, 3.63) is 28.7 Å². The number of rotatable bonds is 3. The first-order valence-corrected chi connectivity index (χ1v) is 9.37. The van der Waals surface area contributed by atoms with E-state index in [9.17, 15) is 4.79 Å². The van der Waals surface area contributed by atoms with Gasteiger partial charge in [0.1, 0.15) is 0 Å². The third kappa shape index (κ3) is 4.06. The van der Waals surface area contributed by atoms with E-state index in [0.29, 0.717) is 5.75 Å². The maximum Gasteiger partial charge on any atom is 0.233 e. The molecule has 22 heavy (non-hydrogen) atoms. The molecule has 0 saturated carbocycles. The first-order valence-electron chi connectivity index (χ1n) is 7.59. The second-order valence-electron chi connectivity index (χ2n) is 7.26. The van der Waals surface area contributed by atoms with Gasteiger partial charge in [-0.25, -0.2) is 0 Å². The van der Waals surface area contributed by atoms with Crippen molar-refractivity contribution in [3.8, 4) is 0 Å². The van der Waals surface area contributed by atoms with Gasteiger partial charge in [0, 0.05) is 26.5 Å². The first kappa shape index (κ1) is 17.8. The highest BCUT2D eigenvalue weighted by Crippen LogP contribution is 2.38. The molecule has 0 radical (unpaired) electrons. The van der Waals surface area contributed by atoms with Gasteiger partial charge >= 0.3 is 0 Å². The van der Waals surface area contributed by atoms with Crippen molar-refractivity contribution in [3.63, 3.8) is 0 Å². The third-order valence-corrected chi connectivity index (χ3v) is 5.68. The van der Waals surface area contributed by atoms with Crippen LogP contribution in [-0.2, 0) is 4.79 Å². The number of nitrogens with two attached hydrogens (primary N) is 1. The van der Waals surface area contributed by atoms with Gasteiger partial charge in [-0.2, -0.15) is 0 Å². The van der Waals surface area contributed by atoms with Crippen LogP contribution in [0.5, 0.6) is 0 Å². The number of benzene rings is 1. The molecule has 2 rings (SSSR count). The zero-order chi connectivity index (χ0) is 16.5. The number of amides is 1. The van der Waals surface area contributed by atoms with E-state index >= 15 is 0 Å². The Hall–Kier alpha value is -0.520. The van der Waals surface area contributed by atoms with Gasteiger partial charge in [-0.15, -0.1) is 11.8 Å². The summed E-state index contributed by atoms with van der Waals surface area (Å²) in [5, 5.41) is 0. The molecule has 122 valence electrons. The number of thioether (sulfide) groups is 1. The SMILES string of the molecule is CC1(C)CC(N)CC(C)(C)N1C(=O)CSc1ccc(Br)cc1. The van der Waals surface area contributed by atoms with Crippen molar-refractivity contribution in [2.24, 2.45) is 5.73 Å². The van der Waals surface area contributed by atoms with E-state index in [4.69, 9.17) is 5.73 Å². The molecule has 0 bridgehead atoms. The van der Waals surface area contributed by atoms with Crippen LogP contribution in [0.2, 0.25) is 0 Å². The van der Waals surface area contributed by atoms with Gasteiger partial charge in [0.2, 0.25) is 5.91 Å². The number of carbonyl (C=O) groups is 1. The molecule has 0 spiro atoms. The molecule has 1 aliphatic rings. The summed E-state index contributed by atoms with van der Waals surface area (Å²) in [4.78, 5) is 16.0. The summed E-state index contributed by atoms with van der Waals surface area (Å²) in [5.41, 5.74) is 5.79. The predicted octanol–water partition coefficient (Wildman–Crippen LogP) is 4.05. The van der Waals surface area contributed by atoms with E-state index in [1.165, 1.54) is 0 Å². The van der Waals surface area contributed by atoms with Crippen molar-refractivity contribution >= 4 is 33.6 Å². The first-order chi connectivity index (χ1) is 10.1. The molecule has 1 aliphatic heterocycles. The molecular weight excluding hydrogens is 360 g/mol. The lowest BCUT2D eigenvalue weighted by Crippen LogP contribution is -2.65. The minimum atomic E-state index is -0.196. The van der Waals surface area contributed by atoms with Gasteiger partial charge in [-0.1, -0.05) is 15.9 Å². The maximum atomic E-state index is 12.8. The molecule has 1 saturated heterocycles. The van der Waals surface area contributed by atoms with Crippen molar-refractivity contribution < 1.29 is 4.79 Å². The Balaban J connectivity index is 2.08. The fourth-order valence-corrected chi connectivity index (χ4v) is 4.79. The highest BCUT2D eigenvalue weighted by molar-refractivity contribution is 9.10. The van der Waals surface area contributed by atoms with Crippen molar-refractivity contribution in [2.45, 2.75) is 62.6 Å². The molecule has 0 atom stereocenters. The fraction of sp³-hybridized carbons (Fsp3) is 0.588. The van der Waals surface area contributed by atoms with Crippen LogP contribution in [-0.4, -0.2) is 33.7 Å². The molecule has 0 unspecified atom stereocenters. The summed E-state index contributed by atoms with van der Waals surface area (Å²) in [6, 6.07) is 8.23. The molecule has 1 aromatic carbocycles. The number of hydrogen-bond donors (Lipinski definition) is 1. The fourth-order valence-electron chi connectivity index (χ4n) is 3.77. The number of likely N-dealkylation sites (tertiary alicyclic amines) is 1. The number of nitrogens with zero attached hydrogens (tertiary/aromatic N) is 1. The van der Waals surface area contributed by atoms with Crippen LogP contribution in [0.4, 0.5) is 0 Å². The Morgan fingerprint density at radius 2 is 1.73 bits per heavy atom. The van der Waals surface area contributed by atoms with Crippen molar-refractivity contribution in [1.82, 2.24) is 4.90 Å². The molecule has 1 fully saturated rings. The highest BCUT2D eigenvalue weighted by Gasteiger charge is 2.46. The maximum absolute atomic E-state index is 12.8. The molecule has 1 heterocycles. The van der Waals surface area contributed by atoms with Crippen molar-refractivity contribution in [2.75, 3.05) is 5.75 Å². The predicted molar refractivity (Wildman–Crippen MR) is 97.1 cm³/mol. The van der Waals surface area contributed by atoms with E-state index in [-0.39, 0.29) is 23.0 Å². The summed E-state index contributed by atoms with van der Waals surface area (Å²) in [6.07, 6.45) is 1.70. The van der Waals surface area contributed by atoms with Gasteiger partial charge in [0.15, 0.2) is 0 Å². The monoisotopic (exact) mass is 384 g/mol. The number of hydrogen-bond acceptors (Lipinski definition) is 3. The quantitative estimate of drug-likeness (QED) is 0.799. The highest BCUT2D eigenvalue weighted by atomic mass is 79.9. The molecule has 1 amide bonds. The molecular formula is C17H25BrN2OS. The van der Waals surface area contributed by atoms with Gasteiger partial charge in [0.05, 0.1) is 5.75 Å². The van der Waals surface area contributed by atoms with Crippen LogP contribution in [0.3, 0.4) is 0 Å². The van der Waals surface area contributed by atoms with Crippen molar-refractivity contribution in [1.29, 1.82) is 0 Å². The smallest absolute Gasteiger partial charge is 0.233 e. The average molecular weight is 385 g/mol. The number of halogens is 1. The Bertz CT molecular complexity index is 524. The van der Waals surface area contributed by atoms with Crippen LogP contribution in [0.1, 0.15) is 40.5 Å². The lowest BCUT2D eigenvalue weighted by molar-refractivity contribution is -0.146. The van der Waals surface area contributed by atoms with Crippen LogP contribution in [0, 0.1) is 0 Å². The van der Waals surface area contributed by atoms with E-state index in [1.54, 1.807) is 11.8 Å². The van der Waals surface area contributed by atoms with Crippen LogP contribution < -0.4 is 5.73 Å². The number of carbonyl (C=O) groups excluding carboxylic acids is 1. The lowest BCUT2D eigenvalue weighted by Gasteiger charge is -2.54. The largest absolute Gasteiger partial charge is 0.332 e. The molecule has 0 aliphatic carbocycles. The Morgan fingerprint density at radius 3 is 2.23 bits per heavy atom. The van der Waals surface area contributed by atoms with E-state index in [2.05, 4.69) is 48.5 Å². The minimum Gasteiger partial charge on any atom is -0.332 e. The second-order valence-corrected chi connectivity index (χ2v) is 9.23. The second kappa shape index (κ2) is 6.54. The van der Waals surface area contributed by atoms with Crippen LogP contribution in [0.15, 0.2) is 33.6 Å². The minimum absolute atomic E-state index is 0.160. The lowest BCUT2D eigenvalue weighted by atomic mass is 9.77. The van der Waals surface area contributed by atoms with Crippen LogP contribution in [0.25, 0.3) is 0 Å². The molecule has 5 heteroatoms. The Kier molecular flexibility index (Phi) is 5.30. The van der Waals surface area contributed by atoms with Gasteiger partial charge in [0.25, 0.3) is 0 Å². The Labute approximate surface area is 146 Å². The molecule has 0 aromatic heterocycles. The zero-order valence-electron chi connectivity index (χ0n) is 13.7. The Morgan fingerprint density at radius 1 is 1.23 bits per heavy atom. The third-order valence-electron chi connectivity index (χ3n) is 4.16. The molecule has 3 nitrogen and oxygen atoms in total. The van der Waals surface area contributed by atoms with E-state index in [0.717, 1.165) is 22.2 Å². The summed E-state index contributed by atoms with van der Waals surface area (Å²) in [6.45, 7) is 8.48. The van der Waals surface area contributed by atoms with E-state index in [1.807, 2.05) is 24.3 Å². The van der Waals surface area contributed by atoms with Gasteiger partial charge in [-0.05, 0) is 64.8 Å². The normalized spacial score (nSPS) is 20.9. The number of piperidine rings is 1. The summed E-state index contributed by atoms with van der Waals surface area (Å²) in [5.74, 6) is 0.652. The average Bonchev–Trinajstić information content (AvgIpc) is 2.34. The summed E-state index contributed by atoms with van der Waals surface area (Å²) >= 11 is 5.02. The van der Waals surface area contributed by atoms with Crippen LogP contribution >= 0.6 is 27.7 Å². The standard InChI is InChI=1S/C17H25BrN2OS/c1-16(2)9-13(19)10-17(3,4)20(16)15(21)11-22-14-7-5-12(18)6-8-14/h5-8,13H,9-11,19H2,1-4H3. The summed E-state index contributed by atoms with van der Waals surface area (Å²) < 4.78 is 1.05. The molecule has 1 aromatic rings. The summed E-state index contributed by atoms with van der Waals surface area (Å²) in [7, 11) is 0. The van der Waals surface area contributed by atoms with Gasteiger partial charge in [-0.3, -0.25) is 4.79 Å². The topological polar surface area (TPSA) is 46.3 Å².